The Morgan fingerprint density at radius 1 is 0.933 bits per heavy atom. The molecule has 2 amide bonds. The number of hydrogen-bond donors (Lipinski definition) is 3. The fourth-order valence-electron chi connectivity index (χ4n) is 1.64. The molecule has 1 unspecified atom stereocenters. The maximum Gasteiger partial charge on any atom is 0.326 e. The Morgan fingerprint density at radius 2 is 1.37 bits per heavy atom. The SMILES string of the molecule is CC.CC.CC.CC(C)=CCC/C(C)=C/C(=O)NC(CCC(N)=O)C(=O)O.CCC. The van der Waals surface area contributed by atoms with E-state index in [0.29, 0.717) is 0 Å². The van der Waals surface area contributed by atoms with Crippen molar-refractivity contribution in [3.05, 3.63) is 23.3 Å². The van der Waals surface area contributed by atoms with E-state index in [9.17, 15) is 14.4 Å². The summed E-state index contributed by atoms with van der Waals surface area (Å²) in [5.74, 6) is -2.24. The molecule has 0 bridgehead atoms. The second-order valence-electron chi connectivity index (χ2n) is 5.92. The predicted octanol–water partition coefficient (Wildman–Crippen LogP) is 6.01. The molecule has 0 radical (unpaired) electrons. The van der Waals surface area contributed by atoms with E-state index in [1.165, 1.54) is 18.1 Å². The van der Waals surface area contributed by atoms with Gasteiger partial charge >= 0.3 is 5.97 Å². The summed E-state index contributed by atoms with van der Waals surface area (Å²) in [6.07, 6.45) is 6.18. The number of nitrogens with one attached hydrogen (secondary N) is 1. The molecule has 180 valence electrons. The van der Waals surface area contributed by atoms with Crippen molar-refractivity contribution in [2.24, 2.45) is 5.73 Å². The number of allylic oxidation sites excluding steroid dienone is 3. The molecule has 1 atom stereocenters. The molecule has 0 aliphatic heterocycles. The van der Waals surface area contributed by atoms with Crippen LogP contribution in [-0.4, -0.2) is 28.9 Å². The topological polar surface area (TPSA) is 109 Å². The zero-order chi connectivity index (χ0) is 25.1. The van der Waals surface area contributed by atoms with Crippen molar-refractivity contribution >= 4 is 17.8 Å². The Bertz CT molecular complexity index is 466. The molecule has 0 aliphatic carbocycles. The number of amides is 2. The smallest absolute Gasteiger partial charge is 0.326 e. The van der Waals surface area contributed by atoms with E-state index < -0.39 is 23.8 Å². The van der Waals surface area contributed by atoms with Crippen LogP contribution in [0.3, 0.4) is 0 Å². The van der Waals surface area contributed by atoms with E-state index in [0.717, 1.165) is 18.4 Å². The zero-order valence-electron chi connectivity index (χ0n) is 21.5. The molecule has 0 aromatic rings. The number of carbonyl (C=O) groups excluding carboxylic acids is 2. The molecule has 0 fully saturated rings. The van der Waals surface area contributed by atoms with Crippen molar-refractivity contribution in [3.8, 4) is 0 Å². The Hall–Kier alpha value is -2.11. The normalized spacial score (nSPS) is 9.90. The van der Waals surface area contributed by atoms with Gasteiger partial charge in [-0.15, -0.1) is 0 Å². The molecule has 30 heavy (non-hydrogen) atoms. The van der Waals surface area contributed by atoms with Crippen molar-refractivity contribution < 1.29 is 19.5 Å². The average molecular weight is 431 g/mol. The summed E-state index contributed by atoms with van der Waals surface area (Å²) in [5, 5.41) is 11.3. The summed E-state index contributed by atoms with van der Waals surface area (Å²) in [5.41, 5.74) is 7.05. The van der Waals surface area contributed by atoms with Gasteiger partial charge in [0, 0.05) is 12.5 Å². The molecule has 0 heterocycles. The van der Waals surface area contributed by atoms with Gasteiger partial charge in [0.1, 0.15) is 6.04 Å². The highest BCUT2D eigenvalue weighted by Gasteiger charge is 2.19. The van der Waals surface area contributed by atoms with Crippen molar-refractivity contribution in [1.29, 1.82) is 0 Å². The van der Waals surface area contributed by atoms with Gasteiger partial charge in [-0.05, 0) is 40.0 Å². The summed E-state index contributed by atoms with van der Waals surface area (Å²) in [7, 11) is 0. The van der Waals surface area contributed by atoms with Gasteiger partial charge in [-0.25, -0.2) is 4.79 Å². The molecule has 0 saturated carbocycles. The van der Waals surface area contributed by atoms with Gasteiger partial charge in [0.25, 0.3) is 0 Å². The molecule has 4 N–H and O–H groups in total. The van der Waals surface area contributed by atoms with Crippen LogP contribution in [0.4, 0.5) is 0 Å². The Labute approximate surface area is 186 Å². The highest BCUT2D eigenvalue weighted by molar-refractivity contribution is 5.91. The van der Waals surface area contributed by atoms with Crippen molar-refractivity contribution in [2.45, 2.75) is 114 Å². The Morgan fingerprint density at radius 3 is 1.70 bits per heavy atom. The molecule has 0 aromatic heterocycles. The number of aliphatic carboxylic acids is 1. The molecule has 0 rings (SSSR count). The van der Waals surface area contributed by atoms with Crippen LogP contribution in [-0.2, 0) is 14.4 Å². The minimum Gasteiger partial charge on any atom is -0.480 e. The maximum absolute atomic E-state index is 11.7. The van der Waals surface area contributed by atoms with Crippen molar-refractivity contribution in [2.75, 3.05) is 0 Å². The Kier molecular flexibility index (Phi) is 40.5. The molecule has 0 aromatic carbocycles. The number of rotatable bonds is 9. The van der Waals surface area contributed by atoms with Crippen LogP contribution in [0.5, 0.6) is 0 Å². The highest BCUT2D eigenvalue weighted by Crippen LogP contribution is 2.06. The third-order valence-electron chi connectivity index (χ3n) is 2.76. The van der Waals surface area contributed by atoms with E-state index in [-0.39, 0.29) is 12.8 Å². The lowest BCUT2D eigenvalue weighted by atomic mass is 10.1. The largest absolute Gasteiger partial charge is 0.480 e. The number of carboxylic acid groups (broad SMARTS) is 1. The minimum absolute atomic E-state index is 0.0128. The van der Waals surface area contributed by atoms with Gasteiger partial charge in [-0.3, -0.25) is 9.59 Å². The van der Waals surface area contributed by atoms with Gasteiger partial charge in [0.05, 0.1) is 0 Å². The van der Waals surface area contributed by atoms with E-state index in [2.05, 4.69) is 25.2 Å². The number of nitrogens with two attached hydrogens (primary N) is 1. The quantitative estimate of drug-likeness (QED) is 0.307. The number of primary amides is 1. The molecule has 6 heteroatoms. The first-order valence-corrected chi connectivity index (χ1v) is 11.3. The lowest BCUT2D eigenvalue weighted by Crippen LogP contribution is -2.40. The van der Waals surface area contributed by atoms with Crippen LogP contribution in [0.15, 0.2) is 23.3 Å². The Balaban J connectivity index is -0.000000200. The van der Waals surface area contributed by atoms with Crippen LogP contribution >= 0.6 is 0 Å². The molecule has 0 spiro atoms. The number of hydrogen-bond acceptors (Lipinski definition) is 3. The summed E-state index contributed by atoms with van der Waals surface area (Å²) in [4.78, 5) is 33.4. The predicted molar refractivity (Wildman–Crippen MR) is 130 cm³/mol. The minimum atomic E-state index is -1.18. The van der Waals surface area contributed by atoms with Crippen LogP contribution in [0.25, 0.3) is 0 Å². The van der Waals surface area contributed by atoms with Crippen LogP contribution < -0.4 is 11.1 Å². The lowest BCUT2D eigenvalue weighted by molar-refractivity contribution is -0.141. The molecule has 6 nitrogen and oxygen atoms in total. The van der Waals surface area contributed by atoms with Crippen molar-refractivity contribution in [1.82, 2.24) is 5.32 Å². The van der Waals surface area contributed by atoms with Crippen LogP contribution in [0, 0.1) is 0 Å². The third kappa shape index (κ3) is 36.8. The van der Waals surface area contributed by atoms with Crippen LogP contribution in [0.1, 0.15) is 108 Å². The van der Waals surface area contributed by atoms with Gasteiger partial charge in [-0.2, -0.15) is 0 Å². The first kappa shape index (κ1) is 38.5. The lowest BCUT2D eigenvalue weighted by Gasteiger charge is -2.12. The molecule has 0 saturated heterocycles. The standard InChI is InChI=1S/C15H24N2O4.C3H8.3C2H6/c1-10(2)5-4-6-11(3)9-14(19)17-12(15(20)21)7-8-13(16)18;1-3-2;3*1-2/h5,9,12H,4,6-8H2,1-3H3,(H2,16,18)(H,17,19)(H,20,21);3H2,1-2H3;3*1-2H3/b11-9+;;;;. The first-order valence-electron chi connectivity index (χ1n) is 11.3. The zero-order valence-corrected chi connectivity index (χ0v) is 21.5. The molecular formula is C24H50N2O4. The van der Waals surface area contributed by atoms with Gasteiger partial charge in [-0.1, -0.05) is 79.0 Å². The molecular weight excluding hydrogens is 380 g/mol. The van der Waals surface area contributed by atoms with Gasteiger partial charge in [0.2, 0.25) is 11.8 Å². The summed E-state index contributed by atoms with van der Waals surface area (Å²) in [6, 6.07) is -1.10. The van der Waals surface area contributed by atoms with Crippen molar-refractivity contribution in [3.63, 3.8) is 0 Å². The fourth-order valence-corrected chi connectivity index (χ4v) is 1.64. The van der Waals surface area contributed by atoms with Gasteiger partial charge in [0.15, 0.2) is 0 Å². The second-order valence-corrected chi connectivity index (χ2v) is 5.92. The van der Waals surface area contributed by atoms with E-state index in [1.54, 1.807) is 0 Å². The van der Waals surface area contributed by atoms with E-state index in [1.807, 2.05) is 62.3 Å². The third-order valence-corrected chi connectivity index (χ3v) is 2.76. The van der Waals surface area contributed by atoms with Gasteiger partial charge < -0.3 is 16.2 Å². The van der Waals surface area contributed by atoms with E-state index >= 15 is 0 Å². The fraction of sp³-hybridized carbons (Fsp3) is 0.708. The summed E-state index contributed by atoms with van der Waals surface area (Å²) < 4.78 is 0. The monoisotopic (exact) mass is 430 g/mol. The molecule has 0 aliphatic rings. The highest BCUT2D eigenvalue weighted by atomic mass is 16.4. The summed E-state index contributed by atoms with van der Waals surface area (Å²) >= 11 is 0. The number of carboxylic acids is 1. The maximum atomic E-state index is 11.7. The van der Waals surface area contributed by atoms with E-state index in [4.69, 9.17) is 10.8 Å². The first-order chi connectivity index (χ1) is 14.1. The second kappa shape index (κ2) is 31.6. The number of carbonyl (C=O) groups is 3. The summed E-state index contributed by atoms with van der Waals surface area (Å²) in [6.45, 7) is 22.1. The average Bonchev–Trinajstić information content (AvgIpc) is 2.69. The van der Waals surface area contributed by atoms with Crippen LogP contribution in [0.2, 0.25) is 0 Å².